The SMILES string of the molecule is C=CC=CCBr.C=CC[P+](c1ccccc1)(c1ccccc1)c1ccccc1.O=CCBr.[Br-]. The van der Waals surface area contributed by atoms with Crippen LogP contribution < -0.4 is 32.9 Å². The van der Waals surface area contributed by atoms with E-state index in [2.05, 4.69) is 142 Å². The molecule has 0 bridgehead atoms. The highest BCUT2D eigenvalue weighted by molar-refractivity contribution is 9.09. The third kappa shape index (κ3) is 10.5. The molecule has 0 unspecified atom stereocenters. The molecule has 0 radical (unpaired) electrons. The number of hydrogen-bond acceptors (Lipinski definition) is 1. The summed E-state index contributed by atoms with van der Waals surface area (Å²) >= 11 is 6.10. The highest BCUT2D eigenvalue weighted by Gasteiger charge is 2.43. The van der Waals surface area contributed by atoms with Crippen molar-refractivity contribution in [2.24, 2.45) is 0 Å². The van der Waals surface area contributed by atoms with Crippen LogP contribution in [-0.4, -0.2) is 23.1 Å². The molecule has 0 saturated heterocycles. The second kappa shape index (κ2) is 19.9. The molecule has 33 heavy (non-hydrogen) atoms. The van der Waals surface area contributed by atoms with E-state index in [1.54, 1.807) is 6.08 Å². The summed E-state index contributed by atoms with van der Waals surface area (Å²) in [5.41, 5.74) is 0. The Kier molecular flexibility index (Phi) is 18.9. The van der Waals surface area contributed by atoms with E-state index in [1.807, 2.05) is 12.2 Å². The van der Waals surface area contributed by atoms with E-state index in [0.717, 1.165) is 17.8 Å². The maximum absolute atomic E-state index is 9.13. The minimum atomic E-state index is -1.67. The zero-order valence-corrected chi connectivity index (χ0v) is 24.2. The van der Waals surface area contributed by atoms with Gasteiger partial charge in [0.25, 0.3) is 0 Å². The monoisotopic (exact) mass is 650 g/mol. The lowest BCUT2D eigenvalue weighted by molar-refractivity contribution is -0.105. The quantitative estimate of drug-likeness (QED) is 0.119. The van der Waals surface area contributed by atoms with Crippen LogP contribution in [0.5, 0.6) is 0 Å². The van der Waals surface area contributed by atoms with Crippen molar-refractivity contribution in [1.29, 1.82) is 0 Å². The molecule has 0 aromatic heterocycles. The first kappa shape index (κ1) is 31.4. The maximum Gasteiger partial charge on any atom is 0.130 e. The van der Waals surface area contributed by atoms with Crippen LogP contribution in [0.15, 0.2) is 128 Å². The van der Waals surface area contributed by atoms with Gasteiger partial charge in [0.05, 0.1) is 11.5 Å². The van der Waals surface area contributed by atoms with Crippen LogP contribution in [0, 0.1) is 0 Å². The topological polar surface area (TPSA) is 17.1 Å². The minimum absolute atomic E-state index is 0. The summed E-state index contributed by atoms with van der Waals surface area (Å²) in [6, 6.07) is 32.7. The Bertz CT molecular complexity index is 832. The first-order chi connectivity index (χ1) is 15.7. The Morgan fingerprint density at radius 2 is 1.06 bits per heavy atom. The average Bonchev–Trinajstić information content (AvgIpc) is 2.88. The van der Waals surface area contributed by atoms with E-state index in [0.29, 0.717) is 5.33 Å². The van der Waals surface area contributed by atoms with Crippen molar-refractivity contribution in [2.75, 3.05) is 16.8 Å². The smallest absolute Gasteiger partial charge is 0.130 e. The third-order valence-electron chi connectivity index (χ3n) is 4.42. The van der Waals surface area contributed by atoms with Gasteiger partial charge in [-0.15, -0.1) is 0 Å². The zero-order valence-electron chi connectivity index (χ0n) is 18.6. The number of benzene rings is 3. The predicted molar refractivity (Wildman–Crippen MR) is 153 cm³/mol. The van der Waals surface area contributed by atoms with Gasteiger partial charge in [0, 0.05) is 5.33 Å². The van der Waals surface area contributed by atoms with Crippen LogP contribution in [-0.2, 0) is 4.79 Å². The predicted octanol–water partition coefficient (Wildman–Crippen LogP) is 3.87. The Hall–Kier alpha value is -1.58. The fourth-order valence-electron chi connectivity index (χ4n) is 3.15. The first-order valence-corrected chi connectivity index (χ1v) is 14.4. The zero-order chi connectivity index (χ0) is 23.5. The fourth-order valence-corrected chi connectivity index (χ4v) is 7.33. The Balaban J connectivity index is 0.000000791. The van der Waals surface area contributed by atoms with Crippen LogP contribution in [0.2, 0.25) is 0 Å². The molecule has 0 aliphatic carbocycles. The van der Waals surface area contributed by atoms with Crippen molar-refractivity contribution in [3.63, 3.8) is 0 Å². The molecule has 0 aliphatic rings. The molecule has 0 amide bonds. The van der Waals surface area contributed by atoms with Crippen molar-refractivity contribution in [3.8, 4) is 0 Å². The van der Waals surface area contributed by atoms with Gasteiger partial charge in [-0.25, -0.2) is 0 Å². The van der Waals surface area contributed by atoms with Crippen LogP contribution in [0.3, 0.4) is 0 Å². The number of rotatable bonds is 8. The molecule has 3 aromatic rings. The second-order valence-corrected chi connectivity index (χ2v) is 11.3. The van der Waals surface area contributed by atoms with Gasteiger partial charge in [-0.05, 0) is 36.4 Å². The normalized spacial score (nSPS) is 9.88. The van der Waals surface area contributed by atoms with E-state index in [4.69, 9.17) is 4.79 Å². The molecule has 3 aromatic carbocycles. The van der Waals surface area contributed by atoms with Gasteiger partial charge in [-0.2, -0.15) is 0 Å². The molecular weight excluding hydrogens is 623 g/mol. The summed E-state index contributed by atoms with van der Waals surface area (Å²) in [5.74, 6) is 0. The average molecular weight is 653 g/mol. The van der Waals surface area contributed by atoms with Gasteiger partial charge >= 0.3 is 0 Å². The number of halogens is 3. The van der Waals surface area contributed by atoms with Crippen LogP contribution >= 0.6 is 39.1 Å². The van der Waals surface area contributed by atoms with Gasteiger partial charge in [-0.1, -0.05) is 124 Å². The lowest BCUT2D eigenvalue weighted by Gasteiger charge is -2.26. The first-order valence-electron chi connectivity index (χ1n) is 10.2. The summed E-state index contributed by atoms with van der Waals surface area (Å²) in [4.78, 5) is 9.13. The number of hydrogen-bond donors (Lipinski definition) is 0. The van der Waals surface area contributed by atoms with E-state index in [9.17, 15) is 0 Å². The molecule has 0 heterocycles. The van der Waals surface area contributed by atoms with Crippen LogP contribution in [0.4, 0.5) is 0 Å². The largest absolute Gasteiger partial charge is 1.00 e. The molecule has 0 atom stereocenters. The number of aldehydes is 1. The number of carbonyl (C=O) groups excluding carboxylic acids is 1. The molecule has 174 valence electrons. The fraction of sp³-hybridized carbons (Fsp3) is 0.107. The Labute approximate surface area is 227 Å². The van der Waals surface area contributed by atoms with Crippen molar-refractivity contribution in [3.05, 3.63) is 128 Å². The Morgan fingerprint density at radius 3 is 1.27 bits per heavy atom. The molecule has 0 N–H and O–H groups in total. The van der Waals surface area contributed by atoms with Crippen LogP contribution in [0.25, 0.3) is 0 Å². The second-order valence-electron chi connectivity index (χ2n) is 6.43. The molecule has 5 heteroatoms. The van der Waals surface area contributed by atoms with E-state index >= 15 is 0 Å². The highest BCUT2D eigenvalue weighted by atomic mass is 79.9. The summed E-state index contributed by atoms with van der Waals surface area (Å²) < 4.78 is 0. The highest BCUT2D eigenvalue weighted by Crippen LogP contribution is 2.55. The molecule has 0 saturated carbocycles. The van der Waals surface area contributed by atoms with E-state index < -0.39 is 7.26 Å². The summed E-state index contributed by atoms with van der Waals surface area (Å²) in [6.45, 7) is 7.54. The molecule has 0 spiro atoms. The van der Waals surface area contributed by atoms with E-state index in [-0.39, 0.29) is 17.0 Å². The summed E-state index contributed by atoms with van der Waals surface area (Å²) in [5, 5.41) is 5.60. The molecule has 0 aliphatic heterocycles. The number of alkyl halides is 2. The van der Waals surface area contributed by atoms with Crippen molar-refractivity contribution in [1.82, 2.24) is 0 Å². The number of allylic oxidation sites excluding steroid dienone is 4. The molecular formula is C28H30Br3OP. The van der Waals surface area contributed by atoms with Gasteiger partial charge in [0.1, 0.15) is 29.5 Å². The van der Waals surface area contributed by atoms with Gasteiger partial charge in [0.15, 0.2) is 0 Å². The van der Waals surface area contributed by atoms with Gasteiger partial charge in [-0.3, -0.25) is 0 Å². The molecule has 0 fully saturated rings. The summed E-state index contributed by atoms with van der Waals surface area (Å²) in [6.07, 6.45) is 9.47. The molecule has 3 rings (SSSR count). The number of carbonyl (C=O) groups is 1. The lowest BCUT2D eigenvalue weighted by Crippen LogP contribution is -3.00. The van der Waals surface area contributed by atoms with Crippen molar-refractivity contribution < 1.29 is 21.8 Å². The van der Waals surface area contributed by atoms with Gasteiger partial charge in [0.2, 0.25) is 0 Å². The summed E-state index contributed by atoms with van der Waals surface area (Å²) in [7, 11) is -1.67. The Morgan fingerprint density at radius 1 is 0.697 bits per heavy atom. The van der Waals surface area contributed by atoms with Gasteiger partial charge < -0.3 is 21.8 Å². The van der Waals surface area contributed by atoms with Crippen molar-refractivity contribution >= 4 is 61.3 Å². The van der Waals surface area contributed by atoms with Crippen LogP contribution in [0.1, 0.15) is 0 Å². The minimum Gasteiger partial charge on any atom is -1.00 e. The van der Waals surface area contributed by atoms with Crippen molar-refractivity contribution in [2.45, 2.75) is 0 Å². The maximum atomic E-state index is 9.13. The third-order valence-corrected chi connectivity index (χ3v) is 9.40. The standard InChI is InChI=1S/C21H20P.C5H7Br.C2H3BrO.BrH/c1-2-18-22(19-12-6-3-7-13-19,20-14-8-4-9-15-20)21-16-10-5-11-17-21;1-2-3-4-5-6;3-1-2-4;/h2-17H,1,18H2;2-4H,1,5H2;2H,1H2;1H/q+1;;;/p-1. The lowest BCUT2D eigenvalue weighted by atomic mass is 10.4. The van der Waals surface area contributed by atoms with E-state index in [1.165, 1.54) is 15.9 Å². The molecule has 1 nitrogen and oxygen atoms in total.